The van der Waals surface area contributed by atoms with Crippen LogP contribution < -0.4 is 5.32 Å². The predicted molar refractivity (Wildman–Crippen MR) is 107 cm³/mol. The Bertz CT molecular complexity index is 925. The maximum Gasteiger partial charge on any atom is 0.320 e. The molecule has 1 N–H and O–H groups in total. The molecule has 2 fully saturated rings. The zero-order valence-corrected chi connectivity index (χ0v) is 16.9. The Morgan fingerprint density at radius 3 is 2.79 bits per heavy atom. The van der Waals surface area contributed by atoms with Gasteiger partial charge < -0.3 is 15.1 Å². The van der Waals surface area contributed by atoms with Crippen LogP contribution in [0.2, 0.25) is 0 Å². The van der Waals surface area contributed by atoms with E-state index in [1.54, 1.807) is 15.9 Å². The number of hydrogen-bond acceptors (Lipinski definition) is 5. The van der Waals surface area contributed by atoms with Gasteiger partial charge in [0.05, 0.1) is 10.2 Å². The van der Waals surface area contributed by atoms with E-state index in [9.17, 15) is 18.2 Å². The highest BCUT2D eigenvalue weighted by Gasteiger charge is 2.35. The molecule has 28 heavy (non-hydrogen) atoms. The quantitative estimate of drug-likeness (QED) is 0.803. The van der Waals surface area contributed by atoms with Gasteiger partial charge in [0.25, 0.3) is 0 Å². The minimum absolute atomic E-state index is 0.164. The topological polar surface area (TPSA) is 82.6 Å². The number of piperidine rings is 1. The van der Waals surface area contributed by atoms with Crippen molar-refractivity contribution in [2.45, 2.75) is 25.3 Å². The first-order chi connectivity index (χ1) is 13.5. The summed E-state index contributed by atoms with van der Waals surface area (Å²) < 4.78 is 25.7. The van der Waals surface area contributed by atoms with Gasteiger partial charge in [-0.15, -0.1) is 0 Å². The van der Waals surface area contributed by atoms with Crippen LogP contribution in [0.3, 0.4) is 0 Å². The molecule has 2 aromatic rings. The molecule has 0 radical (unpaired) electrons. The van der Waals surface area contributed by atoms with Crippen LogP contribution in [-0.2, 0) is 15.6 Å². The van der Waals surface area contributed by atoms with Crippen molar-refractivity contribution >= 4 is 49.4 Å². The fourth-order valence-electron chi connectivity index (χ4n) is 3.59. The van der Waals surface area contributed by atoms with E-state index in [0.29, 0.717) is 48.2 Å². The van der Waals surface area contributed by atoms with Gasteiger partial charge in [0.2, 0.25) is 5.91 Å². The van der Waals surface area contributed by atoms with Gasteiger partial charge in [-0.2, -0.15) is 0 Å². The maximum atomic E-state index is 13.3. The number of aromatic nitrogens is 1. The first-order valence-corrected chi connectivity index (χ1v) is 11.6. The molecule has 2 aliphatic rings. The summed E-state index contributed by atoms with van der Waals surface area (Å²) in [5.74, 6) is 0.326. The van der Waals surface area contributed by atoms with Gasteiger partial charge in [-0.3, -0.25) is 9.00 Å². The molecule has 10 heteroatoms. The van der Waals surface area contributed by atoms with Gasteiger partial charge in [-0.25, -0.2) is 14.2 Å². The lowest BCUT2D eigenvalue weighted by molar-refractivity contribution is -0.121. The highest BCUT2D eigenvalue weighted by atomic mass is 32.2. The number of carbonyl (C=O) groups is 2. The Balaban J connectivity index is 1.47. The number of rotatable bonds is 2. The van der Waals surface area contributed by atoms with Crippen LogP contribution in [0.25, 0.3) is 10.2 Å². The summed E-state index contributed by atoms with van der Waals surface area (Å²) in [5.41, 5.74) is 0.498. The highest BCUT2D eigenvalue weighted by molar-refractivity contribution is 7.85. The van der Waals surface area contributed by atoms with E-state index in [1.807, 2.05) is 0 Å². The Kier molecular flexibility index (Phi) is 5.58. The lowest BCUT2D eigenvalue weighted by Crippen LogP contribution is -2.56. The molecule has 150 valence electrons. The third kappa shape index (κ3) is 4.02. The Morgan fingerprint density at radius 1 is 1.21 bits per heavy atom. The number of carbonyl (C=O) groups excluding carboxylic acids is 2. The van der Waals surface area contributed by atoms with E-state index in [0.717, 1.165) is 17.5 Å². The molecule has 2 saturated heterocycles. The summed E-state index contributed by atoms with van der Waals surface area (Å²) >= 11 is 1.28. The largest absolute Gasteiger partial charge is 0.323 e. The SMILES string of the molecule is O=C(Nc1nc2cc(F)ccc2s1)C1CCCCN1C(=O)N1CCS(=O)CC1. The molecular formula is C18H21FN4O3S2. The first-order valence-electron chi connectivity index (χ1n) is 9.29. The van der Waals surface area contributed by atoms with Crippen LogP contribution in [0, 0.1) is 5.82 Å². The number of nitrogens with one attached hydrogen (secondary N) is 1. The van der Waals surface area contributed by atoms with Gasteiger partial charge in [-0.05, 0) is 31.4 Å². The summed E-state index contributed by atoms with van der Waals surface area (Å²) in [6.07, 6.45) is 2.32. The number of urea groups is 1. The van der Waals surface area contributed by atoms with Crippen molar-refractivity contribution in [3.05, 3.63) is 24.0 Å². The Labute approximate surface area is 168 Å². The van der Waals surface area contributed by atoms with Crippen LogP contribution in [0.4, 0.5) is 14.3 Å². The van der Waals surface area contributed by atoms with Crippen molar-refractivity contribution in [2.24, 2.45) is 0 Å². The number of benzene rings is 1. The molecule has 7 nitrogen and oxygen atoms in total. The van der Waals surface area contributed by atoms with E-state index in [4.69, 9.17) is 0 Å². The molecule has 2 aliphatic heterocycles. The number of thiazole rings is 1. The van der Waals surface area contributed by atoms with Gasteiger partial charge in [0.1, 0.15) is 11.9 Å². The smallest absolute Gasteiger partial charge is 0.320 e. The predicted octanol–water partition coefficient (Wildman–Crippen LogP) is 2.41. The van der Waals surface area contributed by atoms with Crippen molar-refractivity contribution in [3.63, 3.8) is 0 Å². The van der Waals surface area contributed by atoms with Crippen molar-refractivity contribution in [3.8, 4) is 0 Å². The number of nitrogens with zero attached hydrogens (tertiary/aromatic N) is 3. The third-order valence-electron chi connectivity index (χ3n) is 5.08. The zero-order valence-electron chi connectivity index (χ0n) is 15.2. The number of likely N-dealkylation sites (tertiary alicyclic amines) is 1. The zero-order chi connectivity index (χ0) is 19.7. The van der Waals surface area contributed by atoms with Crippen molar-refractivity contribution in [1.82, 2.24) is 14.8 Å². The average molecular weight is 425 g/mol. The minimum Gasteiger partial charge on any atom is -0.323 e. The summed E-state index contributed by atoms with van der Waals surface area (Å²) in [5, 5.41) is 3.20. The summed E-state index contributed by atoms with van der Waals surface area (Å²) in [6, 6.07) is 3.60. The standard InChI is InChI=1S/C18H21FN4O3S2/c19-12-4-5-15-13(11-12)20-17(27-15)21-16(24)14-3-1-2-6-23(14)18(25)22-7-9-28(26)10-8-22/h4-5,11,14H,1-3,6-10H2,(H,20,21,24). The molecule has 1 aromatic carbocycles. The Hall–Kier alpha value is -2.07. The second-order valence-electron chi connectivity index (χ2n) is 6.94. The van der Waals surface area contributed by atoms with E-state index >= 15 is 0 Å². The maximum absolute atomic E-state index is 13.3. The normalized spacial score (nSPS) is 21.1. The van der Waals surface area contributed by atoms with E-state index in [2.05, 4.69) is 10.3 Å². The second kappa shape index (κ2) is 8.12. The molecular weight excluding hydrogens is 403 g/mol. The minimum atomic E-state index is -0.861. The molecule has 3 heterocycles. The third-order valence-corrected chi connectivity index (χ3v) is 7.31. The van der Waals surface area contributed by atoms with Crippen molar-refractivity contribution in [1.29, 1.82) is 0 Å². The highest BCUT2D eigenvalue weighted by Crippen LogP contribution is 2.27. The first kappa shape index (κ1) is 19.3. The summed E-state index contributed by atoms with van der Waals surface area (Å²) in [4.78, 5) is 33.4. The Morgan fingerprint density at radius 2 is 2.00 bits per heavy atom. The fourth-order valence-corrected chi connectivity index (χ4v) is 5.49. The van der Waals surface area contributed by atoms with Crippen LogP contribution in [0.5, 0.6) is 0 Å². The average Bonchev–Trinajstić information content (AvgIpc) is 3.09. The molecule has 1 aromatic heterocycles. The summed E-state index contributed by atoms with van der Waals surface area (Å²) in [7, 11) is -0.861. The number of fused-ring (bicyclic) bond motifs is 1. The molecule has 0 spiro atoms. The monoisotopic (exact) mass is 424 g/mol. The van der Waals surface area contributed by atoms with Crippen molar-refractivity contribution < 1.29 is 18.2 Å². The number of halogens is 1. The number of anilines is 1. The van der Waals surface area contributed by atoms with E-state index in [-0.39, 0.29) is 17.8 Å². The number of hydrogen-bond donors (Lipinski definition) is 1. The fraction of sp³-hybridized carbons (Fsp3) is 0.500. The lowest BCUT2D eigenvalue weighted by atomic mass is 10.0. The molecule has 0 bridgehead atoms. The molecule has 0 saturated carbocycles. The van der Waals surface area contributed by atoms with Crippen LogP contribution in [-0.4, -0.2) is 68.1 Å². The number of amides is 3. The molecule has 1 unspecified atom stereocenters. The van der Waals surface area contributed by atoms with E-state index < -0.39 is 16.8 Å². The molecule has 3 amide bonds. The van der Waals surface area contributed by atoms with Crippen LogP contribution >= 0.6 is 11.3 Å². The summed E-state index contributed by atoms with van der Waals surface area (Å²) in [6.45, 7) is 1.45. The van der Waals surface area contributed by atoms with Gasteiger partial charge in [0.15, 0.2) is 5.13 Å². The van der Waals surface area contributed by atoms with Gasteiger partial charge in [-0.1, -0.05) is 11.3 Å². The lowest BCUT2D eigenvalue weighted by Gasteiger charge is -2.39. The van der Waals surface area contributed by atoms with Gasteiger partial charge in [0, 0.05) is 48.0 Å². The molecule has 1 atom stereocenters. The van der Waals surface area contributed by atoms with Crippen molar-refractivity contribution in [2.75, 3.05) is 36.5 Å². The van der Waals surface area contributed by atoms with Gasteiger partial charge >= 0.3 is 6.03 Å². The van der Waals surface area contributed by atoms with Crippen LogP contribution in [0.1, 0.15) is 19.3 Å². The van der Waals surface area contributed by atoms with Crippen LogP contribution in [0.15, 0.2) is 18.2 Å². The molecule has 4 rings (SSSR count). The molecule has 0 aliphatic carbocycles. The second-order valence-corrected chi connectivity index (χ2v) is 9.67. The van der Waals surface area contributed by atoms with E-state index in [1.165, 1.54) is 23.5 Å².